The highest BCUT2D eigenvalue weighted by Gasteiger charge is 2.41. The molecule has 2 aliphatic heterocycles. The first-order valence-electron chi connectivity index (χ1n) is 7.60. The summed E-state index contributed by atoms with van der Waals surface area (Å²) in [5.74, 6) is 0.904. The monoisotopic (exact) mass is 278 g/mol. The molecule has 20 heavy (non-hydrogen) atoms. The number of alkyl halides is 1. The van der Waals surface area contributed by atoms with Gasteiger partial charge in [0.2, 0.25) is 0 Å². The molecular formula is C16H23FN2O. The van der Waals surface area contributed by atoms with Crippen molar-refractivity contribution < 1.29 is 9.13 Å². The van der Waals surface area contributed by atoms with Crippen LogP contribution in [0.15, 0.2) is 24.3 Å². The second-order valence-corrected chi connectivity index (χ2v) is 5.95. The molecule has 0 radical (unpaired) electrons. The van der Waals surface area contributed by atoms with Crippen LogP contribution in [0, 0.1) is 0 Å². The maximum absolute atomic E-state index is 12.4. The number of hydrogen-bond acceptors (Lipinski definition) is 3. The molecule has 1 aromatic rings. The van der Waals surface area contributed by atoms with Gasteiger partial charge in [0.25, 0.3) is 0 Å². The molecule has 0 aromatic heterocycles. The van der Waals surface area contributed by atoms with Gasteiger partial charge in [-0.2, -0.15) is 0 Å². The fourth-order valence-corrected chi connectivity index (χ4v) is 3.67. The summed E-state index contributed by atoms with van der Waals surface area (Å²) in [7, 11) is 0. The fraction of sp³-hybridized carbons (Fsp3) is 0.625. The lowest BCUT2D eigenvalue weighted by molar-refractivity contribution is 0.0478. The number of benzene rings is 1. The maximum atomic E-state index is 12.4. The van der Waals surface area contributed by atoms with Crippen molar-refractivity contribution in [1.82, 2.24) is 4.90 Å². The van der Waals surface area contributed by atoms with Gasteiger partial charge in [0.1, 0.15) is 11.9 Å². The average molecular weight is 278 g/mol. The Kier molecular flexibility index (Phi) is 4.10. The number of piperidine rings is 1. The van der Waals surface area contributed by atoms with Crippen molar-refractivity contribution in [3.05, 3.63) is 24.3 Å². The van der Waals surface area contributed by atoms with Crippen LogP contribution in [0.5, 0.6) is 5.75 Å². The van der Waals surface area contributed by atoms with E-state index in [1.807, 2.05) is 24.3 Å². The van der Waals surface area contributed by atoms with Crippen molar-refractivity contribution >= 4 is 5.69 Å². The Hall–Kier alpha value is -1.29. The Balaban J connectivity index is 1.58. The minimum absolute atomic E-state index is 0.207. The average Bonchev–Trinajstić information content (AvgIpc) is 2.69. The molecule has 0 amide bonds. The molecule has 2 aliphatic rings. The van der Waals surface area contributed by atoms with E-state index in [2.05, 4.69) is 4.90 Å². The molecular weight excluding hydrogens is 255 g/mol. The third-order valence-corrected chi connectivity index (χ3v) is 4.57. The van der Waals surface area contributed by atoms with Crippen LogP contribution in [-0.2, 0) is 0 Å². The van der Waals surface area contributed by atoms with Gasteiger partial charge in [-0.15, -0.1) is 0 Å². The van der Waals surface area contributed by atoms with E-state index < -0.39 is 0 Å². The highest BCUT2D eigenvalue weighted by molar-refractivity contribution is 5.41. The molecule has 4 heteroatoms. The zero-order valence-electron chi connectivity index (χ0n) is 11.8. The van der Waals surface area contributed by atoms with Gasteiger partial charge in [-0.05, 0) is 56.4 Å². The number of ether oxygens (including phenoxy) is 1. The number of fused-ring (bicyclic) bond motifs is 2. The highest BCUT2D eigenvalue weighted by Crippen LogP contribution is 2.37. The summed E-state index contributed by atoms with van der Waals surface area (Å²) < 4.78 is 18.4. The van der Waals surface area contributed by atoms with Crippen molar-refractivity contribution in [2.45, 2.75) is 50.3 Å². The lowest BCUT2D eigenvalue weighted by Gasteiger charge is -2.38. The number of hydrogen-bond donors (Lipinski definition) is 1. The van der Waals surface area contributed by atoms with Crippen LogP contribution in [0.25, 0.3) is 0 Å². The maximum Gasteiger partial charge on any atom is 0.119 e. The second kappa shape index (κ2) is 6.00. The SMILES string of the molecule is Nc1ccc(O[C@H]2C[C@H]3CC[C@@H](C2)N3CCCF)cc1. The van der Waals surface area contributed by atoms with E-state index in [0.717, 1.165) is 30.8 Å². The first kappa shape index (κ1) is 13.7. The van der Waals surface area contributed by atoms with Crippen molar-refractivity contribution in [2.24, 2.45) is 0 Å². The zero-order valence-corrected chi connectivity index (χ0v) is 11.8. The number of halogens is 1. The van der Waals surface area contributed by atoms with Gasteiger partial charge in [0, 0.05) is 24.3 Å². The standard InChI is InChI=1S/C16H23FN2O/c17-8-1-9-19-13-4-5-14(19)11-16(10-13)20-15-6-2-12(18)3-7-15/h2-3,6-7,13-14,16H,1,4-5,8-11,18H2/t13-,14+,16+. The van der Waals surface area contributed by atoms with Crippen LogP contribution in [0.4, 0.5) is 10.1 Å². The van der Waals surface area contributed by atoms with Crippen LogP contribution in [0.3, 0.4) is 0 Å². The number of nitrogens with two attached hydrogens (primary N) is 1. The molecule has 0 aliphatic carbocycles. The Morgan fingerprint density at radius 2 is 1.80 bits per heavy atom. The van der Waals surface area contributed by atoms with Gasteiger partial charge in [-0.1, -0.05) is 0 Å². The first-order chi connectivity index (χ1) is 9.76. The van der Waals surface area contributed by atoms with E-state index in [9.17, 15) is 4.39 Å². The topological polar surface area (TPSA) is 38.5 Å². The van der Waals surface area contributed by atoms with E-state index in [0.29, 0.717) is 18.5 Å². The largest absolute Gasteiger partial charge is 0.490 e. The van der Waals surface area contributed by atoms with Crippen LogP contribution >= 0.6 is 0 Å². The number of rotatable bonds is 5. The summed E-state index contributed by atoms with van der Waals surface area (Å²) in [5.41, 5.74) is 6.45. The Morgan fingerprint density at radius 1 is 1.15 bits per heavy atom. The summed E-state index contributed by atoms with van der Waals surface area (Å²) in [6, 6.07) is 8.79. The minimum Gasteiger partial charge on any atom is -0.490 e. The molecule has 2 bridgehead atoms. The molecule has 110 valence electrons. The molecule has 0 unspecified atom stereocenters. The van der Waals surface area contributed by atoms with Crippen LogP contribution in [0.1, 0.15) is 32.1 Å². The van der Waals surface area contributed by atoms with E-state index >= 15 is 0 Å². The van der Waals surface area contributed by atoms with Crippen molar-refractivity contribution in [2.75, 3.05) is 19.0 Å². The summed E-state index contributed by atoms with van der Waals surface area (Å²) in [6.45, 7) is 0.696. The molecule has 2 fully saturated rings. The second-order valence-electron chi connectivity index (χ2n) is 5.95. The smallest absolute Gasteiger partial charge is 0.119 e. The molecule has 1 aromatic carbocycles. The molecule has 0 spiro atoms. The van der Waals surface area contributed by atoms with Gasteiger partial charge >= 0.3 is 0 Å². The van der Waals surface area contributed by atoms with Gasteiger partial charge < -0.3 is 10.5 Å². The predicted molar refractivity (Wildman–Crippen MR) is 78.6 cm³/mol. The first-order valence-corrected chi connectivity index (χ1v) is 7.60. The minimum atomic E-state index is -0.207. The number of nitrogens with zero attached hydrogens (tertiary/aromatic N) is 1. The van der Waals surface area contributed by atoms with Crippen LogP contribution in [-0.4, -0.2) is 36.3 Å². The van der Waals surface area contributed by atoms with Gasteiger partial charge in [0.15, 0.2) is 0 Å². The van der Waals surface area contributed by atoms with E-state index in [-0.39, 0.29) is 12.8 Å². The van der Waals surface area contributed by atoms with E-state index in [1.54, 1.807) is 0 Å². The quantitative estimate of drug-likeness (QED) is 0.841. The van der Waals surface area contributed by atoms with Crippen LogP contribution in [0.2, 0.25) is 0 Å². The number of anilines is 1. The molecule has 3 atom stereocenters. The highest BCUT2D eigenvalue weighted by atomic mass is 19.1. The summed E-state index contributed by atoms with van der Waals surface area (Å²) >= 11 is 0. The third-order valence-electron chi connectivity index (χ3n) is 4.57. The lowest BCUT2D eigenvalue weighted by Crippen LogP contribution is -2.46. The Bertz CT molecular complexity index is 423. The molecule has 0 saturated carbocycles. The third kappa shape index (κ3) is 2.90. The molecule has 3 rings (SSSR count). The van der Waals surface area contributed by atoms with Crippen molar-refractivity contribution in [1.29, 1.82) is 0 Å². The van der Waals surface area contributed by atoms with E-state index in [1.165, 1.54) is 12.8 Å². The molecule has 2 heterocycles. The van der Waals surface area contributed by atoms with Crippen LogP contribution < -0.4 is 10.5 Å². The Labute approximate surface area is 119 Å². The van der Waals surface area contributed by atoms with Gasteiger partial charge in [-0.25, -0.2) is 0 Å². The molecule has 2 N–H and O–H groups in total. The fourth-order valence-electron chi connectivity index (χ4n) is 3.67. The van der Waals surface area contributed by atoms with Gasteiger partial charge in [0.05, 0.1) is 6.67 Å². The predicted octanol–water partition coefficient (Wildman–Crippen LogP) is 3.00. The normalized spacial score (nSPS) is 29.6. The summed E-state index contributed by atoms with van der Waals surface area (Å²) in [5, 5.41) is 0. The molecule has 3 nitrogen and oxygen atoms in total. The van der Waals surface area contributed by atoms with Crippen molar-refractivity contribution in [3.63, 3.8) is 0 Å². The lowest BCUT2D eigenvalue weighted by atomic mass is 9.99. The number of nitrogen functional groups attached to an aromatic ring is 1. The summed E-state index contributed by atoms with van der Waals surface area (Å²) in [4.78, 5) is 2.50. The molecule has 2 saturated heterocycles. The van der Waals surface area contributed by atoms with Gasteiger partial charge in [-0.3, -0.25) is 9.29 Å². The van der Waals surface area contributed by atoms with E-state index in [4.69, 9.17) is 10.5 Å². The summed E-state index contributed by atoms with van der Waals surface area (Å²) in [6.07, 6.45) is 5.55. The van der Waals surface area contributed by atoms with Crippen molar-refractivity contribution in [3.8, 4) is 5.75 Å². The Morgan fingerprint density at radius 3 is 2.40 bits per heavy atom. The zero-order chi connectivity index (χ0) is 13.9.